The lowest BCUT2D eigenvalue weighted by Crippen LogP contribution is -2.25. The van der Waals surface area contributed by atoms with Crippen molar-refractivity contribution in [2.75, 3.05) is 32.1 Å². The van der Waals surface area contributed by atoms with Crippen LogP contribution in [0, 0.1) is 0 Å². The van der Waals surface area contributed by atoms with Crippen molar-refractivity contribution in [3.63, 3.8) is 0 Å². The molecule has 7 heteroatoms. The van der Waals surface area contributed by atoms with E-state index in [1.54, 1.807) is 7.11 Å². The zero-order valence-electron chi connectivity index (χ0n) is 20.4. The van der Waals surface area contributed by atoms with E-state index in [-0.39, 0.29) is 18.4 Å². The van der Waals surface area contributed by atoms with Gasteiger partial charge in [0.15, 0.2) is 0 Å². The topological polar surface area (TPSA) is 37.4 Å². The summed E-state index contributed by atoms with van der Waals surface area (Å²) in [7, 11) is 1.69. The summed E-state index contributed by atoms with van der Waals surface area (Å²) in [6.07, 6.45) is 2.07. The van der Waals surface area contributed by atoms with Gasteiger partial charge in [0.2, 0.25) is 0 Å². The van der Waals surface area contributed by atoms with Crippen LogP contribution in [-0.2, 0) is 0 Å². The number of ether oxygens (including phenoxy) is 1. The van der Waals surface area contributed by atoms with Crippen molar-refractivity contribution in [2.45, 2.75) is 32.7 Å². The highest BCUT2D eigenvalue weighted by molar-refractivity contribution is 6.31. The third-order valence-corrected chi connectivity index (χ3v) is 6.88. The van der Waals surface area contributed by atoms with Gasteiger partial charge in [0.05, 0.1) is 29.9 Å². The standard InChI is InChI=1S/C28H31Cl2N3O.ClH/c1-4-33(5-2)16-6-7-25(19-8-10-20(29)11-9-19)32-28-23-14-12-21(30)17-27(23)31-26-15-13-22(34-3)18-24(26)28;/h8-15,17-18,25H,4-7,16H2,1-3H3,(H,31,32);1H. The molecule has 186 valence electrons. The quantitative estimate of drug-likeness (QED) is 0.208. The van der Waals surface area contributed by atoms with Crippen molar-refractivity contribution in [1.29, 1.82) is 0 Å². The van der Waals surface area contributed by atoms with Crippen molar-refractivity contribution < 1.29 is 4.74 Å². The molecule has 1 N–H and O–H groups in total. The first-order chi connectivity index (χ1) is 16.5. The molecule has 1 aromatic heterocycles. The second-order valence-corrected chi connectivity index (χ2v) is 9.32. The first kappa shape index (κ1) is 27.3. The minimum Gasteiger partial charge on any atom is -0.497 e. The van der Waals surface area contributed by atoms with E-state index < -0.39 is 0 Å². The van der Waals surface area contributed by atoms with E-state index >= 15 is 0 Å². The molecule has 0 bridgehead atoms. The Balaban J connectivity index is 0.00000342. The maximum absolute atomic E-state index is 6.31. The third-order valence-electron chi connectivity index (χ3n) is 6.40. The summed E-state index contributed by atoms with van der Waals surface area (Å²) >= 11 is 12.5. The molecule has 0 aliphatic heterocycles. The molecule has 0 aliphatic carbocycles. The lowest BCUT2D eigenvalue weighted by Gasteiger charge is -2.25. The fourth-order valence-corrected chi connectivity index (χ4v) is 4.72. The van der Waals surface area contributed by atoms with E-state index in [4.69, 9.17) is 32.9 Å². The first-order valence-electron chi connectivity index (χ1n) is 11.8. The second kappa shape index (κ2) is 12.6. The summed E-state index contributed by atoms with van der Waals surface area (Å²) in [6, 6.07) is 20.1. The third kappa shape index (κ3) is 6.50. The summed E-state index contributed by atoms with van der Waals surface area (Å²) in [5, 5.41) is 7.36. The number of benzene rings is 3. The molecule has 4 aromatic rings. The summed E-state index contributed by atoms with van der Waals surface area (Å²) < 4.78 is 5.53. The highest BCUT2D eigenvalue weighted by Gasteiger charge is 2.17. The number of methoxy groups -OCH3 is 1. The van der Waals surface area contributed by atoms with Crippen molar-refractivity contribution in [2.24, 2.45) is 0 Å². The summed E-state index contributed by atoms with van der Waals surface area (Å²) in [4.78, 5) is 7.33. The number of rotatable bonds is 10. The monoisotopic (exact) mass is 531 g/mol. The predicted octanol–water partition coefficient (Wildman–Crippen LogP) is 8.40. The number of nitrogens with one attached hydrogen (secondary N) is 1. The van der Waals surface area contributed by atoms with Crippen LogP contribution >= 0.6 is 35.6 Å². The van der Waals surface area contributed by atoms with E-state index in [2.05, 4.69) is 36.2 Å². The molecule has 0 amide bonds. The summed E-state index contributed by atoms with van der Waals surface area (Å²) in [5.41, 5.74) is 4.01. The van der Waals surface area contributed by atoms with E-state index in [9.17, 15) is 0 Å². The van der Waals surface area contributed by atoms with Gasteiger partial charge in [0.25, 0.3) is 0 Å². The minimum absolute atomic E-state index is 0. The lowest BCUT2D eigenvalue weighted by molar-refractivity contribution is 0.294. The molecule has 0 saturated carbocycles. The molecule has 4 nitrogen and oxygen atoms in total. The molecular formula is C28H32Cl3N3O. The minimum atomic E-state index is 0. The highest BCUT2D eigenvalue weighted by Crippen LogP contribution is 2.37. The number of hydrogen-bond donors (Lipinski definition) is 1. The smallest absolute Gasteiger partial charge is 0.119 e. The molecule has 0 spiro atoms. The van der Waals surface area contributed by atoms with E-state index in [1.807, 2.05) is 48.5 Å². The lowest BCUT2D eigenvalue weighted by atomic mass is 9.99. The van der Waals surface area contributed by atoms with Crippen LogP contribution in [0.5, 0.6) is 5.75 Å². The van der Waals surface area contributed by atoms with Crippen molar-refractivity contribution >= 4 is 63.1 Å². The van der Waals surface area contributed by atoms with Gasteiger partial charge in [0, 0.05) is 20.8 Å². The Morgan fingerprint density at radius 2 is 1.60 bits per heavy atom. The fourth-order valence-electron chi connectivity index (χ4n) is 4.43. The Bertz CT molecular complexity index is 1260. The van der Waals surface area contributed by atoms with E-state index in [1.165, 1.54) is 5.56 Å². The van der Waals surface area contributed by atoms with Crippen LogP contribution in [0.4, 0.5) is 5.69 Å². The summed E-state index contributed by atoms with van der Waals surface area (Å²) in [6.45, 7) is 7.63. The molecule has 1 heterocycles. The molecule has 4 rings (SSSR count). The average Bonchev–Trinajstić information content (AvgIpc) is 2.85. The molecule has 0 aliphatic rings. The zero-order chi connectivity index (χ0) is 24.1. The van der Waals surface area contributed by atoms with Crippen molar-refractivity contribution in [3.8, 4) is 5.75 Å². The number of aromatic nitrogens is 1. The normalized spacial score (nSPS) is 12.1. The first-order valence-corrected chi connectivity index (χ1v) is 12.6. The number of anilines is 1. The number of hydrogen-bond acceptors (Lipinski definition) is 4. The number of halogens is 3. The van der Waals surface area contributed by atoms with Gasteiger partial charge in [-0.2, -0.15) is 0 Å². The van der Waals surface area contributed by atoms with Gasteiger partial charge in [-0.05, 0) is 86.6 Å². The molecule has 35 heavy (non-hydrogen) atoms. The Hall–Kier alpha value is -2.24. The van der Waals surface area contributed by atoms with Crippen LogP contribution in [0.1, 0.15) is 38.3 Å². The van der Waals surface area contributed by atoms with Crippen molar-refractivity contribution in [1.82, 2.24) is 9.88 Å². The molecule has 0 radical (unpaired) electrons. The van der Waals surface area contributed by atoms with Crippen LogP contribution in [0.3, 0.4) is 0 Å². The molecule has 0 saturated heterocycles. The Morgan fingerprint density at radius 1 is 0.886 bits per heavy atom. The number of fused-ring (bicyclic) bond motifs is 2. The van der Waals surface area contributed by atoms with Gasteiger partial charge in [-0.1, -0.05) is 49.2 Å². The molecule has 0 fully saturated rings. The van der Waals surface area contributed by atoms with Crippen LogP contribution in [0.15, 0.2) is 60.7 Å². The van der Waals surface area contributed by atoms with Gasteiger partial charge in [-0.25, -0.2) is 4.98 Å². The van der Waals surface area contributed by atoms with Crippen LogP contribution < -0.4 is 10.1 Å². The van der Waals surface area contributed by atoms with Gasteiger partial charge in [-0.3, -0.25) is 0 Å². The molecule has 1 unspecified atom stereocenters. The van der Waals surface area contributed by atoms with Crippen molar-refractivity contribution in [3.05, 3.63) is 76.3 Å². The predicted molar refractivity (Wildman–Crippen MR) is 153 cm³/mol. The van der Waals surface area contributed by atoms with E-state index in [0.29, 0.717) is 5.02 Å². The summed E-state index contributed by atoms with van der Waals surface area (Å²) in [5.74, 6) is 0.801. The fraction of sp³-hybridized carbons (Fsp3) is 0.321. The number of nitrogens with zero attached hydrogens (tertiary/aromatic N) is 2. The largest absolute Gasteiger partial charge is 0.497 e. The van der Waals surface area contributed by atoms with Gasteiger partial charge in [0.1, 0.15) is 5.75 Å². The zero-order valence-corrected chi connectivity index (χ0v) is 22.7. The van der Waals surface area contributed by atoms with Gasteiger partial charge in [-0.15, -0.1) is 12.4 Å². The van der Waals surface area contributed by atoms with Crippen LogP contribution in [0.2, 0.25) is 10.0 Å². The Kier molecular flexibility index (Phi) is 9.88. The van der Waals surface area contributed by atoms with Gasteiger partial charge >= 0.3 is 0 Å². The average molecular weight is 533 g/mol. The van der Waals surface area contributed by atoms with Gasteiger partial charge < -0.3 is 15.0 Å². The molecular weight excluding hydrogens is 501 g/mol. The molecule has 1 atom stereocenters. The van der Waals surface area contributed by atoms with Crippen LogP contribution in [0.25, 0.3) is 21.8 Å². The Morgan fingerprint density at radius 3 is 2.29 bits per heavy atom. The number of pyridine rings is 1. The Labute approximate surface area is 224 Å². The van der Waals surface area contributed by atoms with Crippen LogP contribution in [-0.4, -0.2) is 36.6 Å². The SMILES string of the molecule is CCN(CC)CCCC(Nc1c2ccc(Cl)cc2nc2ccc(OC)cc12)c1ccc(Cl)cc1.Cl. The van der Waals surface area contributed by atoms with E-state index in [0.717, 1.165) is 70.7 Å². The second-order valence-electron chi connectivity index (χ2n) is 8.45. The highest BCUT2D eigenvalue weighted by atomic mass is 35.5. The molecule has 3 aromatic carbocycles. The maximum Gasteiger partial charge on any atom is 0.119 e. The maximum atomic E-state index is 6.31.